The van der Waals surface area contributed by atoms with Crippen molar-refractivity contribution in [2.24, 2.45) is 0 Å². The summed E-state index contributed by atoms with van der Waals surface area (Å²) in [6, 6.07) is 9.36. The predicted molar refractivity (Wildman–Crippen MR) is 61.3 cm³/mol. The molecule has 16 heavy (non-hydrogen) atoms. The maximum atomic E-state index is 11.2. The molecule has 0 aliphatic carbocycles. The van der Waals surface area contributed by atoms with E-state index < -0.39 is 5.97 Å². The molecule has 0 aliphatic rings. The third-order valence-corrected chi connectivity index (χ3v) is 1.85. The molecular weight excluding hydrogens is 204 g/mol. The van der Waals surface area contributed by atoms with Crippen LogP contribution in [0.15, 0.2) is 42.0 Å². The van der Waals surface area contributed by atoms with Gasteiger partial charge in [-0.1, -0.05) is 36.4 Å². The molecule has 0 atom stereocenters. The normalized spacial score (nSPS) is 9.81. The van der Waals surface area contributed by atoms with Crippen molar-refractivity contribution in [2.45, 2.75) is 6.92 Å². The van der Waals surface area contributed by atoms with Crippen LogP contribution >= 0.6 is 0 Å². The van der Waals surface area contributed by atoms with Gasteiger partial charge in [0.1, 0.15) is 11.5 Å². The summed E-state index contributed by atoms with van der Waals surface area (Å²) < 4.78 is 4.69. The number of rotatable bonds is 4. The predicted octanol–water partition coefficient (Wildman–Crippen LogP) is 2.02. The molecule has 1 rings (SSSR count). The number of ether oxygens (including phenoxy) is 1. The number of esters is 1. The van der Waals surface area contributed by atoms with Crippen molar-refractivity contribution >= 4 is 18.0 Å². The second kappa shape index (κ2) is 6.38. The van der Waals surface area contributed by atoms with E-state index in [1.807, 2.05) is 30.3 Å². The van der Waals surface area contributed by atoms with E-state index in [-0.39, 0.29) is 12.2 Å². The maximum Gasteiger partial charge on any atom is 0.349 e. The van der Waals surface area contributed by atoms with Crippen molar-refractivity contribution in [3.8, 4) is 0 Å². The minimum absolute atomic E-state index is 0.106. The summed E-state index contributed by atoms with van der Waals surface area (Å²) in [6.45, 7) is 1.92. The van der Waals surface area contributed by atoms with Crippen molar-refractivity contribution in [3.63, 3.8) is 0 Å². The summed E-state index contributed by atoms with van der Waals surface area (Å²) in [6.07, 6.45) is 3.07. The van der Waals surface area contributed by atoms with E-state index in [1.54, 1.807) is 18.9 Å². The Balaban J connectivity index is 2.76. The van der Waals surface area contributed by atoms with Gasteiger partial charge in [-0.2, -0.15) is 0 Å². The number of hydrogen-bond donors (Lipinski definition) is 0. The molecule has 0 unspecified atom stereocenters. The Kier molecular flexibility index (Phi) is 4.77. The van der Waals surface area contributed by atoms with Gasteiger partial charge in [0.05, 0.1) is 6.61 Å². The SMILES string of the molecule is CCOC(=O)C(=C=O)C=Cc1ccccc1. The van der Waals surface area contributed by atoms with Crippen molar-refractivity contribution in [2.75, 3.05) is 6.61 Å². The number of hydrogen-bond acceptors (Lipinski definition) is 3. The molecule has 0 saturated carbocycles. The quantitative estimate of drug-likeness (QED) is 0.335. The van der Waals surface area contributed by atoms with E-state index in [0.29, 0.717) is 0 Å². The minimum atomic E-state index is -0.648. The van der Waals surface area contributed by atoms with Gasteiger partial charge in [0, 0.05) is 0 Å². The third-order valence-electron chi connectivity index (χ3n) is 1.85. The van der Waals surface area contributed by atoms with Gasteiger partial charge < -0.3 is 4.74 Å². The first-order chi connectivity index (χ1) is 7.77. The molecule has 0 radical (unpaired) electrons. The monoisotopic (exact) mass is 216 g/mol. The molecule has 0 heterocycles. The van der Waals surface area contributed by atoms with E-state index in [0.717, 1.165) is 5.56 Å². The zero-order valence-electron chi connectivity index (χ0n) is 8.97. The molecule has 0 aromatic heterocycles. The van der Waals surface area contributed by atoms with Gasteiger partial charge in [0.2, 0.25) is 0 Å². The Morgan fingerprint density at radius 3 is 2.62 bits per heavy atom. The molecule has 1 aromatic rings. The van der Waals surface area contributed by atoms with Crippen LogP contribution in [-0.4, -0.2) is 18.5 Å². The molecule has 0 saturated heterocycles. The zero-order valence-corrected chi connectivity index (χ0v) is 8.97. The first-order valence-corrected chi connectivity index (χ1v) is 4.93. The van der Waals surface area contributed by atoms with Gasteiger partial charge in [0.15, 0.2) is 0 Å². The largest absolute Gasteiger partial charge is 0.462 e. The maximum absolute atomic E-state index is 11.2. The van der Waals surface area contributed by atoms with E-state index in [9.17, 15) is 9.59 Å². The Hall–Kier alpha value is -2.12. The summed E-state index contributed by atoms with van der Waals surface area (Å²) in [5.41, 5.74) is 0.797. The van der Waals surface area contributed by atoms with E-state index in [4.69, 9.17) is 4.74 Å². The molecule has 0 bridgehead atoms. The highest BCUT2D eigenvalue weighted by Gasteiger charge is 2.07. The highest BCUT2D eigenvalue weighted by atomic mass is 16.5. The molecule has 82 valence electrons. The lowest BCUT2D eigenvalue weighted by molar-refractivity contribution is -0.137. The first kappa shape index (κ1) is 12.0. The summed E-state index contributed by atoms with van der Waals surface area (Å²) in [5, 5.41) is 0. The molecule has 0 amide bonds. The van der Waals surface area contributed by atoms with Crippen molar-refractivity contribution < 1.29 is 14.3 Å². The van der Waals surface area contributed by atoms with Crippen LogP contribution in [0.2, 0.25) is 0 Å². The first-order valence-electron chi connectivity index (χ1n) is 4.93. The average molecular weight is 216 g/mol. The molecular formula is C13H12O3. The smallest absolute Gasteiger partial charge is 0.349 e. The highest BCUT2D eigenvalue weighted by Crippen LogP contribution is 2.04. The fraction of sp³-hybridized carbons (Fsp3) is 0.154. The lowest BCUT2D eigenvalue weighted by Gasteiger charge is -1.98. The molecule has 0 spiro atoms. The Labute approximate surface area is 94.0 Å². The van der Waals surface area contributed by atoms with E-state index >= 15 is 0 Å². The number of carbonyl (C=O) groups excluding carboxylic acids is 2. The van der Waals surface area contributed by atoms with Gasteiger partial charge >= 0.3 is 5.97 Å². The fourth-order valence-electron chi connectivity index (χ4n) is 1.10. The molecule has 3 heteroatoms. The van der Waals surface area contributed by atoms with Crippen LogP contribution in [0.1, 0.15) is 12.5 Å². The lowest BCUT2D eigenvalue weighted by atomic mass is 10.2. The average Bonchev–Trinajstić information content (AvgIpc) is 2.31. The van der Waals surface area contributed by atoms with Crippen molar-refractivity contribution in [3.05, 3.63) is 47.5 Å². The van der Waals surface area contributed by atoms with Crippen LogP contribution in [-0.2, 0) is 14.3 Å². The summed E-state index contributed by atoms with van der Waals surface area (Å²) >= 11 is 0. The molecule has 0 aliphatic heterocycles. The van der Waals surface area contributed by atoms with Crippen LogP contribution in [0.3, 0.4) is 0 Å². The van der Waals surface area contributed by atoms with Crippen LogP contribution in [0.25, 0.3) is 6.08 Å². The van der Waals surface area contributed by atoms with Gasteiger partial charge in [0.25, 0.3) is 0 Å². The van der Waals surface area contributed by atoms with Crippen LogP contribution < -0.4 is 0 Å². The lowest BCUT2D eigenvalue weighted by Crippen LogP contribution is -2.06. The summed E-state index contributed by atoms with van der Waals surface area (Å²) in [5.74, 6) is 0.914. The van der Waals surface area contributed by atoms with Crippen molar-refractivity contribution in [1.29, 1.82) is 0 Å². The highest BCUT2D eigenvalue weighted by molar-refractivity contribution is 6.00. The summed E-state index contributed by atoms with van der Waals surface area (Å²) in [4.78, 5) is 21.8. The second-order valence-corrected chi connectivity index (χ2v) is 2.98. The minimum Gasteiger partial charge on any atom is -0.462 e. The Bertz CT molecular complexity index is 426. The van der Waals surface area contributed by atoms with Crippen LogP contribution in [0, 0.1) is 0 Å². The van der Waals surface area contributed by atoms with Crippen LogP contribution in [0.4, 0.5) is 0 Å². The molecule has 3 nitrogen and oxygen atoms in total. The second-order valence-electron chi connectivity index (χ2n) is 2.98. The van der Waals surface area contributed by atoms with Gasteiger partial charge in [-0.05, 0) is 18.6 Å². The van der Waals surface area contributed by atoms with Crippen LogP contribution in [0.5, 0.6) is 0 Å². The molecule has 0 fully saturated rings. The topological polar surface area (TPSA) is 43.4 Å². The molecule has 1 aromatic carbocycles. The number of benzene rings is 1. The van der Waals surface area contributed by atoms with Gasteiger partial charge in [-0.15, -0.1) is 0 Å². The van der Waals surface area contributed by atoms with Gasteiger partial charge in [-0.3, -0.25) is 0 Å². The Morgan fingerprint density at radius 1 is 1.38 bits per heavy atom. The van der Waals surface area contributed by atoms with E-state index in [1.165, 1.54) is 6.08 Å². The number of carbonyl (C=O) groups is 1. The van der Waals surface area contributed by atoms with E-state index in [2.05, 4.69) is 0 Å². The molecule has 0 N–H and O–H groups in total. The van der Waals surface area contributed by atoms with Crippen molar-refractivity contribution in [1.82, 2.24) is 0 Å². The standard InChI is InChI=1S/C13H12O3/c1-2-16-13(15)12(10-14)9-8-11-6-4-3-5-7-11/h3-9H,2H2,1H3. The third kappa shape index (κ3) is 3.56. The van der Waals surface area contributed by atoms with Gasteiger partial charge in [-0.25, -0.2) is 9.59 Å². The zero-order chi connectivity index (χ0) is 11.8. The Morgan fingerprint density at radius 2 is 2.06 bits per heavy atom. The fourth-order valence-corrected chi connectivity index (χ4v) is 1.10. The summed E-state index contributed by atoms with van der Waals surface area (Å²) in [7, 11) is 0.